The van der Waals surface area contributed by atoms with Crippen molar-refractivity contribution in [1.82, 2.24) is 10.6 Å². The molecule has 0 spiro atoms. The standard InChI is InChI=1S/C20H22N6O7/c1-10-4-11(6-12(5-10)24-20(21)22)19(31)23-9-17(28)25-15(8-18(29)30)14-7-13(26(32)33)2-3-16(14)27/h2-7,15,27H,8-9H2,1H3,(H,23,31)(H,25,28)(H,29,30)(H4,21,22,24). The van der Waals surface area contributed by atoms with Crippen molar-refractivity contribution in [3.8, 4) is 5.75 Å². The number of carbonyl (C=O) groups is 3. The number of hydrogen-bond acceptors (Lipinski definition) is 7. The number of benzene rings is 2. The van der Waals surface area contributed by atoms with E-state index in [-0.39, 0.29) is 17.1 Å². The van der Waals surface area contributed by atoms with Gasteiger partial charge in [-0.05, 0) is 36.8 Å². The number of nitrogens with zero attached hydrogens (tertiary/aromatic N) is 2. The Labute approximate surface area is 187 Å². The molecule has 0 radical (unpaired) electrons. The van der Waals surface area contributed by atoms with Crippen LogP contribution in [-0.4, -0.2) is 45.4 Å². The number of rotatable bonds is 9. The fraction of sp³-hybridized carbons (Fsp3) is 0.200. The van der Waals surface area contributed by atoms with Crippen molar-refractivity contribution in [3.05, 3.63) is 63.2 Å². The number of aromatic hydroxyl groups is 1. The minimum Gasteiger partial charge on any atom is -0.508 e. The molecule has 13 nitrogen and oxygen atoms in total. The number of aliphatic carboxylic acids is 1. The van der Waals surface area contributed by atoms with E-state index in [1.807, 2.05) is 0 Å². The van der Waals surface area contributed by atoms with Crippen LogP contribution in [0, 0.1) is 17.0 Å². The molecule has 0 fully saturated rings. The van der Waals surface area contributed by atoms with Crippen LogP contribution in [-0.2, 0) is 9.59 Å². The number of amides is 2. The van der Waals surface area contributed by atoms with Gasteiger partial charge in [0, 0.05) is 23.3 Å². The number of carbonyl (C=O) groups excluding carboxylic acids is 2. The molecule has 33 heavy (non-hydrogen) atoms. The van der Waals surface area contributed by atoms with Crippen LogP contribution in [0.25, 0.3) is 0 Å². The summed E-state index contributed by atoms with van der Waals surface area (Å²) in [5, 5.41) is 34.9. The van der Waals surface area contributed by atoms with Crippen molar-refractivity contribution in [2.75, 3.05) is 6.54 Å². The molecule has 0 aliphatic rings. The summed E-state index contributed by atoms with van der Waals surface area (Å²) in [5.74, 6) is -3.34. The van der Waals surface area contributed by atoms with Gasteiger partial charge in [0.15, 0.2) is 5.96 Å². The lowest BCUT2D eigenvalue weighted by molar-refractivity contribution is -0.385. The molecule has 0 aromatic heterocycles. The Morgan fingerprint density at radius 3 is 2.48 bits per heavy atom. The van der Waals surface area contributed by atoms with Gasteiger partial charge in [-0.25, -0.2) is 4.99 Å². The minimum atomic E-state index is -1.32. The normalized spacial score (nSPS) is 11.2. The van der Waals surface area contributed by atoms with Crippen molar-refractivity contribution < 1.29 is 29.5 Å². The quantitative estimate of drug-likeness (QED) is 0.133. The largest absolute Gasteiger partial charge is 0.508 e. The second kappa shape index (κ2) is 10.6. The van der Waals surface area contributed by atoms with Gasteiger partial charge in [-0.3, -0.25) is 24.5 Å². The van der Waals surface area contributed by atoms with Crippen LogP contribution in [0.2, 0.25) is 0 Å². The molecule has 0 bridgehead atoms. The average Bonchev–Trinajstić information content (AvgIpc) is 2.70. The summed E-state index contributed by atoms with van der Waals surface area (Å²) < 4.78 is 0. The van der Waals surface area contributed by atoms with Gasteiger partial charge in [0.2, 0.25) is 5.91 Å². The van der Waals surface area contributed by atoms with Crippen LogP contribution < -0.4 is 22.1 Å². The summed E-state index contributed by atoms with van der Waals surface area (Å²) in [6.45, 7) is 1.19. The number of non-ortho nitro benzene ring substituents is 1. The maximum Gasteiger partial charge on any atom is 0.305 e. The Morgan fingerprint density at radius 2 is 1.88 bits per heavy atom. The van der Waals surface area contributed by atoms with Crippen LogP contribution in [0.15, 0.2) is 41.4 Å². The number of carboxylic acid groups (broad SMARTS) is 1. The molecule has 2 aromatic rings. The highest BCUT2D eigenvalue weighted by atomic mass is 16.6. The minimum absolute atomic E-state index is 0.146. The zero-order valence-corrected chi connectivity index (χ0v) is 17.4. The Hall–Kier alpha value is -4.68. The molecule has 2 rings (SSSR count). The summed E-state index contributed by atoms with van der Waals surface area (Å²) >= 11 is 0. The van der Waals surface area contributed by atoms with Crippen LogP contribution in [0.5, 0.6) is 5.75 Å². The van der Waals surface area contributed by atoms with Crippen molar-refractivity contribution in [1.29, 1.82) is 0 Å². The van der Waals surface area contributed by atoms with Gasteiger partial charge in [-0.1, -0.05) is 0 Å². The zero-order chi connectivity index (χ0) is 24.7. The van der Waals surface area contributed by atoms with Gasteiger partial charge in [0.1, 0.15) is 5.75 Å². The van der Waals surface area contributed by atoms with Crippen LogP contribution in [0.4, 0.5) is 11.4 Å². The number of guanidine groups is 1. The first-order chi connectivity index (χ1) is 15.5. The van der Waals surface area contributed by atoms with Crippen LogP contribution in [0.1, 0.15) is 33.9 Å². The molecule has 2 amide bonds. The monoisotopic (exact) mass is 458 g/mol. The number of phenols is 1. The van der Waals surface area contributed by atoms with E-state index in [2.05, 4.69) is 15.6 Å². The third-order valence-electron chi connectivity index (χ3n) is 4.30. The van der Waals surface area contributed by atoms with E-state index in [4.69, 9.17) is 16.6 Å². The van der Waals surface area contributed by atoms with Crippen molar-refractivity contribution in [2.24, 2.45) is 16.5 Å². The van der Waals surface area contributed by atoms with Crippen LogP contribution in [0.3, 0.4) is 0 Å². The first-order valence-corrected chi connectivity index (χ1v) is 9.44. The van der Waals surface area contributed by atoms with Crippen molar-refractivity contribution >= 4 is 35.1 Å². The van der Waals surface area contributed by atoms with Crippen molar-refractivity contribution in [2.45, 2.75) is 19.4 Å². The van der Waals surface area contributed by atoms with E-state index in [0.717, 1.165) is 18.2 Å². The SMILES string of the molecule is Cc1cc(N=C(N)N)cc(C(=O)NCC(=O)NC(CC(=O)O)c2cc([N+](=O)[O-])ccc2O)c1. The molecule has 0 saturated heterocycles. The topological polar surface area (TPSA) is 223 Å². The highest BCUT2D eigenvalue weighted by Crippen LogP contribution is 2.30. The summed E-state index contributed by atoms with van der Waals surface area (Å²) in [5.41, 5.74) is 11.4. The number of nitro groups is 1. The number of phenolic OH excluding ortho intramolecular Hbond substituents is 1. The van der Waals surface area contributed by atoms with E-state index in [9.17, 15) is 29.6 Å². The Balaban J connectivity index is 2.14. The third-order valence-corrected chi connectivity index (χ3v) is 4.30. The second-order valence-electron chi connectivity index (χ2n) is 6.99. The number of carboxylic acids is 1. The maximum absolute atomic E-state index is 12.4. The van der Waals surface area contributed by atoms with Gasteiger partial charge in [-0.2, -0.15) is 0 Å². The average molecular weight is 458 g/mol. The molecule has 1 unspecified atom stereocenters. The van der Waals surface area contributed by atoms with Gasteiger partial charge in [0.05, 0.1) is 29.6 Å². The fourth-order valence-corrected chi connectivity index (χ4v) is 2.96. The molecule has 0 heterocycles. The number of aliphatic imine (C=N–C) groups is 1. The molecule has 2 aromatic carbocycles. The molecule has 174 valence electrons. The summed E-state index contributed by atoms with van der Waals surface area (Å²) in [6, 6.07) is 6.37. The first kappa shape index (κ1) is 24.6. The number of nitrogens with two attached hydrogens (primary N) is 2. The van der Waals surface area contributed by atoms with Gasteiger partial charge < -0.3 is 32.3 Å². The van der Waals surface area contributed by atoms with E-state index in [1.165, 1.54) is 6.07 Å². The van der Waals surface area contributed by atoms with Crippen molar-refractivity contribution in [3.63, 3.8) is 0 Å². The molecular weight excluding hydrogens is 436 g/mol. The van der Waals surface area contributed by atoms with Crippen LogP contribution >= 0.6 is 0 Å². The smallest absolute Gasteiger partial charge is 0.305 e. The highest BCUT2D eigenvalue weighted by molar-refractivity contribution is 5.97. The van der Waals surface area contributed by atoms with E-state index in [0.29, 0.717) is 11.3 Å². The molecule has 8 N–H and O–H groups in total. The predicted octanol–water partition coefficient (Wildman–Crippen LogP) is 0.576. The zero-order valence-electron chi connectivity index (χ0n) is 17.4. The summed E-state index contributed by atoms with van der Waals surface area (Å²) in [7, 11) is 0. The molecular formula is C20H22N6O7. The Morgan fingerprint density at radius 1 is 1.18 bits per heavy atom. The van der Waals surface area contributed by atoms with Gasteiger partial charge in [0.25, 0.3) is 11.6 Å². The maximum atomic E-state index is 12.4. The molecule has 0 aliphatic carbocycles. The van der Waals surface area contributed by atoms with E-state index >= 15 is 0 Å². The number of nitrogens with one attached hydrogen (secondary N) is 2. The van der Waals surface area contributed by atoms with Gasteiger partial charge >= 0.3 is 5.97 Å². The molecule has 0 saturated carbocycles. The number of nitro benzene ring substituents is 1. The summed E-state index contributed by atoms with van der Waals surface area (Å²) in [4.78, 5) is 50.2. The summed E-state index contributed by atoms with van der Waals surface area (Å²) in [6.07, 6.45) is -0.659. The molecule has 0 aliphatic heterocycles. The number of hydrogen-bond donors (Lipinski definition) is 6. The third kappa shape index (κ3) is 7.20. The molecule has 13 heteroatoms. The Kier molecular flexibility index (Phi) is 7.87. The lowest BCUT2D eigenvalue weighted by Crippen LogP contribution is -2.39. The van der Waals surface area contributed by atoms with E-state index < -0.39 is 53.2 Å². The predicted molar refractivity (Wildman–Crippen MR) is 117 cm³/mol. The fourth-order valence-electron chi connectivity index (χ4n) is 2.96. The lowest BCUT2D eigenvalue weighted by atomic mass is 10.0. The molecule has 1 atom stereocenters. The first-order valence-electron chi connectivity index (χ1n) is 9.44. The van der Waals surface area contributed by atoms with Gasteiger partial charge in [-0.15, -0.1) is 0 Å². The lowest BCUT2D eigenvalue weighted by Gasteiger charge is -2.18. The Bertz CT molecular complexity index is 1130. The second-order valence-corrected chi connectivity index (χ2v) is 6.99. The highest BCUT2D eigenvalue weighted by Gasteiger charge is 2.24. The van der Waals surface area contributed by atoms with E-state index in [1.54, 1.807) is 19.1 Å². The number of aryl methyl sites for hydroxylation is 1.